The number of thiazole rings is 1. The zero-order valence-corrected chi connectivity index (χ0v) is 16.8. The first-order chi connectivity index (χ1) is 12.6. The maximum atomic E-state index is 5.83. The van der Waals surface area contributed by atoms with Crippen LogP contribution in [-0.4, -0.2) is 44.9 Å². The van der Waals surface area contributed by atoms with Crippen LogP contribution in [0.15, 0.2) is 28.6 Å². The highest BCUT2D eigenvalue weighted by molar-refractivity contribution is 7.09. The number of guanidine groups is 1. The Balaban J connectivity index is 1.85. The summed E-state index contributed by atoms with van der Waals surface area (Å²) in [6.45, 7) is 6.61. The number of benzene rings is 1. The quantitative estimate of drug-likeness (QED) is 0.400. The molecular weight excluding hydrogens is 348 g/mol. The summed E-state index contributed by atoms with van der Waals surface area (Å²) < 4.78 is 10.9. The van der Waals surface area contributed by atoms with E-state index in [4.69, 9.17) is 9.47 Å². The fourth-order valence-electron chi connectivity index (χ4n) is 2.41. The maximum Gasteiger partial charge on any atom is 0.191 e. The second-order valence-corrected chi connectivity index (χ2v) is 6.98. The SMILES string of the molecule is CN=C(NCCc1csc(C)n1)NCc1ccc(C)cc1OCCOC. The van der Waals surface area contributed by atoms with E-state index in [1.165, 1.54) is 5.56 Å². The molecule has 1 aromatic carbocycles. The average Bonchev–Trinajstić information content (AvgIpc) is 3.04. The monoisotopic (exact) mass is 376 g/mol. The lowest BCUT2D eigenvalue weighted by atomic mass is 10.1. The standard InChI is InChI=1S/C19H28N4O2S/c1-14-5-6-16(18(11-14)25-10-9-24-4)12-22-19(20-3)21-8-7-17-13-26-15(2)23-17/h5-6,11,13H,7-10,12H2,1-4H3,(H2,20,21,22). The van der Waals surface area contributed by atoms with Gasteiger partial charge in [0.1, 0.15) is 12.4 Å². The molecule has 2 aromatic rings. The van der Waals surface area contributed by atoms with E-state index in [9.17, 15) is 0 Å². The van der Waals surface area contributed by atoms with Gasteiger partial charge in [-0.15, -0.1) is 11.3 Å². The Morgan fingerprint density at radius 2 is 2.08 bits per heavy atom. The van der Waals surface area contributed by atoms with E-state index in [0.717, 1.165) is 40.9 Å². The van der Waals surface area contributed by atoms with Gasteiger partial charge in [-0.1, -0.05) is 12.1 Å². The van der Waals surface area contributed by atoms with Gasteiger partial charge in [-0.2, -0.15) is 0 Å². The third-order valence-corrected chi connectivity index (χ3v) is 4.60. The van der Waals surface area contributed by atoms with E-state index in [-0.39, 0.29) is 0 Å². The Kier molecular flexibility index (Phi) is 8.37. The van der Waals surface area contributed by atoms with Crippen molar-refractivity contribution in [2.75, 3.05) is 33.9 Å². The Hall–Kier alpha value is -2.12. The molecule has 1 heterocycles. The summed E-state index contributed by atoms with van der Waals surface area (Å²) in [5.41, 5.74) is 3.37. The van der Waals surface area contributed by atoms with Gasteiger partial charge in [-0.3, -0.25) is 4.99 Å². The average molecular weight is 377 g/mol. The molecule has 2 rings (SSSR count). The fourth-order valence-corrected chi connectivity index (χ4v) is 3.06. The molecule has 0 aliphatic heterocycles. The number of hydrogen-bond donors (Lipinski definition) is 2. The topological polar surface area (TPSA) is 67.8 Å². The first-order valence-electron chi connectivity index (χ1n) is 8.69. The zero-order chi connectivity index (χ0) is 18.8. The summed E-state index contributed by atoms with van der Waals surface area (Å²) in [6, 6.07) is 6.21. The van der Waals surface area contributed by atoms with E-state index in [0.29, 0.717) is 19.8 Å². The highest BCUT2D eigenvalue weighted by atomic mass is 32.1. The van der Waals surface area contributed by atoms with Crippen LogP contribution in [0.4, 0.5) is 0 Å². The zero-order valence-electron chi connectivity index (χ0n) is 16.0. The lowest BCUT2D eigenvalue weighted by Crippen LogP contribution is -2.38. The molecule has 7 heteroatoms. The Morgan fingerprint density at radius 3 is 2.77 bits per heavy atom. The van der Waals surface area contributed by atoms with Gasteiger partial charge < -0.3 is 20.1 Å². The Bertz CT molecular complexity index is 715. The largest absolute Gasteiger partial charge is 0.491 e. The highest BCUT2D eigenvalue weighted by Gasteiger charge is 2.06. The second-order valence-electron chi connectivity index (χ2n) is 5.91. The molecule has 6 nitrogen and oxygen atoms in total. The maximum absolute atomic E-state index is 5.83. The summed E-state index contributed by atoms with van der Waals surface area (Å²) in [5.74, 6) is 1.64. The summed E-state index contributed by atoms with van der Waals surface area (Å²) in [5, 5.41) is 9.86. The molecule has 0 unspecified atom stereocenters. The lowest BCUT2D eigenvalue weighted by molar-refractivity contribution is 0.145. The van der Waals surface area contributed by atoms with Gasteiger partial charge in [0.15, 0.2) is 5.96 Å². The minimum absolute atomic E-state index is 0.535. The Labute approximate surface area is 159 Å². The summed E-state index contributed by atoms with van der Waals surface area (Å²) in [7, 11) is 3.44. The van der Waals surface area contributed by atoms with Crippen LogP contribution in [0, 0.1) is 13.8 Å². The normalized spacial score (nSPS) is 11.5. The van der Waals surface area contributed by atoms with Crippen LogP contribution < -0.4 is 15.4 Å². The number of methoxy groups -OCH3 is 1. The van der Waals surface area contributed by atoms with E-state index in [2.05, 4.69) is 45.0 Å². The summed E-state index contributed by atoms with van der Waals surface area (Å²) >= 11 is 1.68. The van der Waals surface area contributed by atoms with Crippen LogP contribution in [0.2, 0.25) is 0 Å². The minimum atomic E-state index is 0.535. The van der Waals surface area contributed by atoms with Gasteiger partial charge >= 0.3 is 0 Å². The van der Waals surface area contributed by atoms with Crippen molar-refractivity contribution in [1.82, 2.24) is 15.6 Å². The van der Waals surface area contributed by atoms with Gasteiger partial charge in [0.05, 0.1) is 17.3 Å². The van der Waals surface area contributed by atoms with Crippen molar-refractivity contribution in [3.8, 4) is 5.75 Å². The number of rotatable bonds is 9. The number of nitrogens with zero attached hydrogens (tertiary/aromatic N) is 2. The van der Waals surface area contributed by atoms with E-state index >= 15 is 0 Å². The fraction of sp³-hybridized carbons (Fsp3) is 0.474. The molecule has 142 valence electrons. The first kappa shape index (κ1) is 20.2. The van der Waals surface area contributed by atoms with Gasteiger partial charge in [0.25, 0.3) is 0 Å². The molecule has 2 N–H and O–H groups in total. The van der Waals surface area contributed by atoms with Gasteiger partial charge in [-0.25, -0.2) is 4.98 Å². The van der Waals surface area contributed by atoms with Crippen LogP contribution in [-0.2, 0) is 17.7 Å². The molecule has 0 aliphatic rings. The van der Waals surface area contributed by atoms with E-state index in [1.54, 1.807) is 25.5 Å². The molecule has 0 radical (unpaired) electrons. The highest BCUT2D eigenvalue weighted by Crippen LogP contribution is 2.20. The third kappa shape index (κ3) is 6.65. The van der Waals surface area contributed by atoms with Crippen molar-refractivity contribution in [2.45, 2.75) is 26.8 Å². The lowest BCUT2D eigenvalue weighted by Gasteiger charge is -2.15. The molecule has 0 aliphatic carbocycles. The predicted octanol–water partition coefficient (Wildman–Crippen LogP) is 2.69. The number of nitrogens with one attached hydrogen (secondary N) is 2. The van der Waals surface area contributed by atoms with Crippen LogP contribution in [0.25, 0.3) is 0 Å². The smallest absolute Gasteiger partial charge is 0.191 e. The summed E-state index contributed by atoms with van der Waals surface area (Å²) in [6.07, 6.45) is 0.876. The van der Waals surface area contributed by atoms with Crippen LogP contribution >= 0.6 is 11.3 Å². The van der Waals surface area contributed by atoms with Crippen LogP contribution in [0.3, 0.4) is 0 Å². The van der Waals surface area contributed by atoms with Crippen molar-refractivity contribution < 1.29 is 9.47 Å². The number of ether oxygens (including phenoxy) is 2. The molecule has 1 aromatic heterocycles. The molecular formula is C19H28N4O2S. The first-order valence-corrected chi connectivity index (χ1v) is 9.57. The van der Waals surface area contributed by atoms with Gasteiger partial charge in [0.2, 0.25) is 0 Å². The molecule has 0 saturated heterocycles. The van der Waals surface area contributed by atoms with Crippen LogP contribution in [0.1, 0.15) is 21.8 Å². The number of aromatic nitrogens is 1. The molecule has 26 heavy (non-hydrogen) atoms. The van der Waals surface area contributed by atoms with Crippen molar-refractivity contribution in [2.24, 2.45) is 4.99 Å². The molecule has 0 fully saturated rings. The molecule has 0 amide bonds. The summed E-state index contributed by atoms with van der Waals surface area (Å²) in [4.78, 5) is 8.75. The van der Waals surface area contributed by atoms with E-state index < -0.39 is 0 Å². The van der Waals surface area contributed by atoms with Crippen molar-refractivity contribution in [1.29, 1.82) is 0 Å². The number of hydrogen-bond acceptors (Lipinski definition) is 5. The van der Waals surface area contributed by atoms with Crippen molar-refractivity contribution in [3.63, 3.8) is 0 Å². The Morgan fingerprint density at radius 1 is 1.23 bits per heavy atom. The third-order valence-electron chi connectivity index (χ3n) is 3.78. The van der Waals surface area contributed by atoms with Gasteiger partial charge in [-0.05, 0) is 25.5 Å². The molecule has 0 bridgehead atoms. The molecule has 0 atom stereocenters. The molecule has 0 saturated carbocycles. The number of aliphatic imine (C=N–C) groups is 1. The minimum Gasteiger partial charge on any atom is -0.491 e. The van der Waals surface area contributed by atoms with Gasteiger partial charge in [0, 0.05) is 44.6 Å². The van der Waals surface area contributed by atoms with Crippen molar-refractivity contribution >= 4 is 17.3 Å². The van der Waals surface area contributed by atoms with E-state index in [1.807, 2.05) is 13.0 Å². The predicted molar refractivity (Wildman–Crippen MR) is 107 cm³/mol. The molecule has 0 spiro atoms. The second kappa shape index (κ2) is 10.8. The van der Waals surface area contributed by atoms with Crippen LogP contribution in [0.5, 0.6) is 5.75 Å². The number of aryl methyl sites for hydroxylation is 2. The van der Waals surface area contributed by atoms with Crippen molar-refractivity contribution in [3.05, 3.63) is 45.4 Å².